The highest BCUT2D eigenvalue weighted by molar-refractivity contribution is 5.07. The van der Waals surface area contributed by atoms with Crippen molar-refractivity contribution in [3.05, 3.63) is 48.7 Å². The van der Waals surface area contributed by atoms with Gasteiger partial charge in [-0.1, -0.05) is 6.07 Å². The molecule has 2 saturated heterocycles. The zero-order valence-corrected chi connectivity index (χ0v) is 14.4. The lowest BCUT2D eigenvalue weighted by molar-refractivity contribution is -0.182. The molecule has 25 heavy (non-hydrogen) atoms. The van der Waals surface area contributed by atoms with E-state index in [9.17, 15) is 0 Å². The van der Waals surface area contributed by atoms with Crippen molar-refractivity contribution in [2.75, 3.05) is 26.3 Å². The van der Waals surface area contributed by atoms with Gasteiger partial charge in [0.2, 0.25) is 5.88 Å². The molecule has 0 radical (unpaired) electrons. The van der Waals surface area contributed by atoms with Gasteiger partial charge < -0.3 is 9.47 Å². The van der Waals surface area contributed by atoms with Gasteiger partial charge in [-0.15, -0.1) is 0 Å². The van der Waals surface area contributed by atoms with Crippen LogP contribution < -0.4 is 4.74 Å². The van der Waals surface area contributed by atoms with Crippen LogP contribution in [0.25, 0.3) is 0 Å². The summed E-state index contributed by atoms with van der Waals surface area (Å²) < 4.78 is 11.8. The monoisotopic (exact) mass is 340 g/mol. The van der Waals surface area contributed by atoms with E-state index in [0.717, 1.165) is 51.2 Å². The molecule has 132 valence electrons. The molecule has 2 fully saturated rings. The normalized spacial score (nSPS) is 22.5. The summed E-state index contributed by atoms with van der Waals surface area (Å²) in [6.07, 6.45) is 10.1. The van der Waals surface area contributed by atoms with E-state index in [-0.39, 0.29) is 5.60 Å². The number of hydrogen-bond acceptors (Lipinski definition) is 6. The molecular formula is C19H24N4O2. The number of hydrogen-bond donors (Lipinski definition) is 0. The largest absolute Gasteiger partial charge is 0.477 e. The predicted octanol–water partition coefficient (Wildman–Crippen LogP) is 2.32. The summed E-state index contributed by atoms with van der Waals surface area (Å²) in [6, 6.07) is 6.08. The van der Waals surface area contributed by atoms with Crippen molar-refractivity contribution in [3.8, 4) is 5.88 Å². The van der Waals surface area contributed by atoms with Crippen molar-refractivity contribution in [2.24, 2.45) is 5.92 Å². The third-order valence-electron chi connectivity index (χ3n) is 5.05. The molecule has 0 saturated carbocycles. The molecule has 0 aliphatic carbocycles. The second-order valence-corrected chi connectivity index (χ2v) is 7.04. The van der Waals surface area contributed by atoms with Gasteiger partial charge in [0.15, 0.2) is 0 Å². The van der Waals surface area contributed by atoms with Crippen LogP contribution in [0, 0.1) is 5.92 Å². The minimum absolute atomic E-state index is 0.0459. The van der Waals surface area contributed by atoms with E-state index in [0.29, 0.717) is 18.4 Å². The van der Waals surface area contributed by atoms with Gasteiger partial charge in [0, 0.05) is 44.8 Å². The summed E-state index contributed by atoms with van der Waals surface area (Å²) in [7, 11) is 0. The van der Waals surface area contributed by atoms with Crippen molar-refractivity contribution >= 4 is 0 Å². The van der Waals surface area contributed by atoms with Gasteiger partial charge >= 0.3 is 0 Å². The smallest absolute Gasteiger partial charge is 0.232 e. The fourth-order valence-electron chi connectivity index (χ4n) is 3.89. The first kappa shape index (κ1) is 16.4. The molecule has 2 aliphatic rings. The van der Waals surface area contributed by atoms with E-state index in [1.807, 2.05) is 18.3 Å². The minimum atomic E-state index is 0.0459. The van der Waals surface area contributed by atoms with Gasteiger partial charge in [-0.2, -0.15) is 0 Å². The summed E-state index contributed by atoms with van der Waals surface area (Å²) in [5.74, 6) is 1.26. The number of rotatable bonds is 6. The van der Waals surface area contributed by atoms with E-state index in [4.69, 9.17) is 9.47 Å². The van der Waals surface area contributed by atoms with E-state index >= 15 is 0 Å². The fourth-order valence-corrected chi connectivity index (χ4v) is 3.89. The second kappa shape index (κ2) is 7.45. The van der Waals surface area contributed by atoms with Crippen molar-refractivity contribution in [2.45, 2.75) is 31.4 Å². The van der Waals surface area contributed by atoms with Crippen LogP contribution in [0.4, 0.5) is 0 Å². The molecular weight excluding hydrogens is 316 g/mol. The first-order valence-electron chi connectivity index (χ1n) is 8.96. The molecule has 0 unspecified atom stereocenters. The Morgan fingerprint density at radius 2 is 2.16 bits per heavy atom. The highest BCUT2D eigenvalue weighted by Gasteiger charge is 2.47. The lowest BCUT2D eigenvalue weighted by atomic mass is 9.79. The number of aromatic nitrogens is 3. The molecule has 4 heterocycles. The van der Waals surface area contributed by atoms with Crippen LogP contribution in [0.1, 0.15) is 25.0 Å². The Hall–Kier alpha value is -2.05. The Morgan fingerprint density at radius 3 is 2.96 bits per heavy atom. The van der Waals surface area contributed by atoms with Crippen LogP contribution in [0.2, 0.25) is 0 Å². The Balaban J connectivity index is 1.22. The topological polar surface area (TPSA) is 60.4 Å². The average Bonchev–Trinajstić information content (AvgIpc) is 2.63. The van der Waals surface area contributed by atoms with Crippen LogP contribution in [-0.4, -0.2) is 51.8 Å². The molecule has 0 aromatic carbocycles. The Kier molecular flexibility index (Phi) is 4.90. The van der Waals surface area contributed by atoms with Gasteiger partial charge in [0.05, 0.1) is 24.1 Å². The Bertz CT molecular complexity index is 662. The third-order valence-corrected chi connectivity index (χ3v) is 5.05. The van der Waals surface area contributed by atoms with Gasteiger partial charge in [-0.25, -0.2) is 4.98 Å². The minimum Gasteiger partial charge on any atom is -0.477 e. The number of ether oxygens (including phenoxy) is 2. The highest BCUT2D eigenvalue weighted by atomic mass is 16.5. The van der Waals surface area contributed by atoms with Crippen LogP contribution in [0.3, 0.4) is 0 Å². The van der Waals surface area contributed by atoms with Gasteiger partial charge in [-0.05, 0) is 37.3 Å². The number of nitrogens with zero attached hydrogens (tertiary/aromatic N) is 4. The lowest BCUT2D eigenvalue weighted by Gasteiger charge is -2.53. The molecule has 1 spiro atoms. The average molecular weight is 340 g/mol. The molecule has 2 aromatic rings. The van der Waals surface area contributed by atoms with Crippen LogP contribution in [0.5, 0.6) is 5.88 Å². The zero-order chi connectivity index (χ0) is 17.0. The molecule has 2 aliphatic heterocycles. The standard InChI is InChI=1S/C19H24N4O2/c1-2-6-21-17(3-1)13-23-14-19(15-23)11-16(5-10-25-19)4-9-24-18-12-20-7-8-22-18/h1-3,6-8,12,16H,4-5,9-11,13-15H2/t16-/m1/s1. The maximum Gasteiger partial charge on any atom is 0.232 e. The molecule has 1 atom stereocenters. The molecule has 2 aromatic heterocycles. The van der Waals surface area contributed by atoms with Crippen molar-refractivity contribution in [1.82, 2.24) is 19.9 Å². The quantitative estimate of drug-likeness (QED) is 0.804. The molecule has 0 amide bonds. The molecule has 4 rings (SSSR count). The molecule has 6 nitrogen and oxygen atoms in total. The van der Waals surface area contributed by atoms with Crippen molar-refractivity contribution in [3.63, 3.8) is 0 Å². The van der Waals surface area contributed by atoms with Gasteiger partial charge in [0.1, 0.15) is 0 Å². The van der Waals surface area contributed by atoms with Crippen molar-refractivity contribution < 1.29 is 9.47 Å². The molecule has 0 bridgehead atoms. The zero-order valence-electron chi connectivity index (χ0n) is 14.4. The van der Waals surface area contributed by atoms with Gasteiger partial charge in [-0.3, -0.25) is 14.9 Å². The predicted molar refractivity (Wildman–Crippen MR) is 93.1 cm³/mol. The number of likely N-dealkylation sites (tertiary alicyclic amines) is 1. The lowest BCUT2D eigenvalue weighted by Crippen LogP contribution is -2.64. The SMILES string of the molecule is c1ccc(CN2CC3(C[C@H](CCOc4cnccn4)CCO3)C2)nc1. The maximum absolute atomic E-state index is 6.14. The highest BCUT2D eigenvalue weighted by Crippen LogP contribution is 2.38. The van der Waals surface area contributed by atoms with Gasteiger partial charge in [0.25, 0.3) is 0 Å². The van der Waals surface area contributed by atoms with Crippen LogP contribution >= 0.6 is 0 Å². The fraction of sp³-hybridized carbons (Fsp3) is 0.526. The first-order chi connectivity index (χ1) is 12.3. The summed E-state index contributed by atoms with van der Waals surface area (Å²) in [5, 5.41) is 0. The number of pyridine rings is 1. The summed E-state index contributed by atoms with van der Waals surface area (Å²) in [4.78, 5) is 15.0. The van der Waals surface area contributed by atoms with E-state index in [1.165, 1.54) is 0 Å². The van der Waals surface area contributed by atoms with E-state index in [1.54, 1.807) is 18.6 Å². The van der Waals surface area contributed by atoms with E-state index < -0.39 is 0 Å². The Labute approximate surface area is 148 Å². The molecule has 6 heteroatoms. The maximum atomic E-state index is 6.14. The van der Waals surface area contributed by atoms with Crippen LogP contribution in [0.15, 0.2) is 43.0 Å². The first-order valence-corrected chi connectivity index (χ1v) is 8.96. The van der Waals surface area contributed by atoms with E-state index in [2.05, 4.69) is 25.9 Å². The summed E-state index contributed by atoms with van der Waals surface area (Å²) in [6.45, 7) is 4.47. The molecule has 0 N–H and O–H groups in total. The summed E-state index contributed by atoms with van der Waals surface area (Å²) in [5.41, 5.74) is 1.17. The second-order valence-electron chi connectivity index (χ2n) is 7.04. The third kappa shape index (κ3) is 4.14. The van der Waals surface area contributed by atoms with Crippen molar-refractivity contribution in [1.29, 1.82) is 0 Å². The van der Waals surface area contributed by atoms with Crippen LogP contribution in [-0.2, 0) is 11.3 Å². The summed E-state index contributed by atoms with van der Waals surface area (Å²) >= 11 is 0. The Morgan fingerprint density at radius 1 is 1.20 bits per heavy atom.